The number of rotatable bonds is 36. The lowest BCUT2D eigenvalue weighted by Crippen LogP contribution is -2.59. The van der Waals surface area contributed by atoms with Crippen LogP contribution in [0.25, 0.3) is 0 Å². The average Bonchev–Trinajstić information content (AvgIpc) is 3.91. The molecule has 1 aliphatic rings. The Morgan fingerprint density at radius 1 is 0.787 bits per heavy atom. The van der Waals surface area contributed by atoms with Crippen molar-refractivity contribution in [2.24, 2.45) is 23.7 Å². The highest BCUT2D eigenvalue weighted by Gasteiger charge is 2.44. The molecule has 2 rings (SSSR count). The maximum absolute atomic E-state index is 14.5. The van der Waals surface area contributed by atoms with Crippen molar-refractivity contribution in [2.75, 3.05) is 75.3 Å². The second kappa shape index (κ2) is 36.1. The van der Waals surface area contributed by atoms with Crippen molar-refractivity contribution in [3.05, 3.63) is 35.9 Å². The molecule has 23 heteroatoms. The number of aliphatic hydroxyl groups excluding tert-OH is 1. The third kappa shape index (κ3) is 22.5. The van der Waals surface area contributed by atoms with Gasteiger partial charge in [0.05, 0.1) is 68.3 Å². The number of carbonyl (C=O) groups excluding carboxylic acids is 8. The minimum absolute atomic E-state index is 0.00100. The molecule has 1 aromatic rings. The molecular formula is C57H97N7O16. The van der Waals surface area contributed by atoms with Crippen LogP contribution in [0, 0.1) is 23.7 Å². The molecule has 4 unspecified atom stereocenters. The smallest absolute Gasteiger partial charge is 0.407 e. The van der Waals surface area contributed by atoms with E-state index in [1.165, 1.54) is 35.2 Å². The minimum Gasteiger partial charge on any atom is -0.458 e. The van der Waals surface area contributed by atoms with E-state index in [1.54, 1.807) is 23.8 Å². The quantitative estimate of drug-likeness (QED) is 0.0367. The summed E-state index contributed by atoms with van der Waals surface area (Å²) >= 11 is 0. The van der Waals surface area contributed by atoms with Crippen LogP contribution >= 0.6 is 0 Å². The highest BCUT2D eigenvalue weighted by molar-refractivity contribution is 5.91. The third-order valence-corrected chi connectivity index (χ3v) is 14.6. The zero-order valence-electron chi connectivity index (χ0n) is 50.4. The van der Waals surface area contributed by atoms with Gasteiger partial charge >= 0.3 is 18.0 Å². The molecule has 1 aliphatic heterocycles. The van der Waals surface area contributed by atoms with Crippen LogP contribution in [0.5, 0.6) is 0 Å². The van der Waals surface area contributed by atoms with Crippen molar-refractivity contribution in [1.29, 1.82) is 0 Å². The van der Waals surface area contributed by atoms with E-state index in [0.717, 1.165) is 5.56 Å². The lowest BCUT2D eigenvalue weighted by molar-refractivity contribution is -0.181. The molecule has 0 bridgehead atoms. The number of likely N-dealkylation sites (N-methyl/N-ethyl adjacent to an activating group) is 2. The fourth-order valence-electron chi connectivity index (χ4n) is 9.89. The Bertz CT molecular complexity index is 2070. The van der Waals surface area contributed by atoms with Gasteiger partial charge in [-0.25, -0.2) is 9.59 Å². The van der Waals surface area contributed by atoms with Gasteiger partial charge in [-0.05, 0) is 70.5 Å². The highest BCUT2D eigenvalue weighted by atomic mass is 16.7. The number of hydrogen-bond acceptors (Lipinski definition) is 17. The van der Waals surface area contributed by atoms with E-state index in [1.807, 2.05) is 97.8 Å². The summed E-state index contributed by atoms with van der Waals surface area (Å²) in [6.45, 7) is 17.6. The molecule has 23 nitrogen and oxygen atoms in total. The number of nitrogens with zero attached hydrogens (tertiary/aromatic N) is 3. The molecule has 1 aromatic carbocycles. The zero-order chi connectivity index (χ0) is 60.4. The van der Waals surface area contributed by atoms with Crippen LogP contribution < -0.4 is 21.3 Å². The summed E-state index contributed by atoms with van der Waals surface area (Å²) in [6.07, 6.45) is -3.84. The zero-order valence-corrected chi connectivity index (χ0v) is 50.4. The molecule has 0 spiro atoms. The Morgan fingerprint density at radius 3 is 2.00 bits per heavy atom. The first-order valence-electron chi connectivity index (χ1n) is 28.1. The van der Waals surface area contributed by atoms with Crippen molar-refractivity contribution in [3.63, 3.8) is 0 Å². The van der Waals surface area contributed by atoms with Crippen LogP contribution in [0.3, 0.4) is 0 Å². The van der Waals surface area contributed by atoms with Gasteiger partial charge in [0.2, 0.25) is 29.5 Å². The number of likely N-dealkylation sites (tertiary alicyclic amines) is 1. The summed E-state index contributed by atoms with van der Waals surface area (Å²) in [5, 5.41) is 20.4. The minimum atomic E-state index is -1.33. The lowest BCUT2D eigenvalue weighted by Gasteiger charge is -2.41. The standard InChI is InChI=1S/C57H97N7O16/c1-17-36(7)50(63(13)55(71)48(34(3)4)61-54(70)49(35(5)6)62(11)12)44(74-14)30-45(66)64-28-22-25-43(64)51(76-16)38(9)52(68)60-42(29-40-23-20-19-21-24-40)53(69)59-31-37(8)78-56(72)39(10)79-46(67)26-27-58-57(73)77-33-47(75-15)80-41(18-2)32-65/h19-21,23-24,34-39,41-44,47-51,65H,17-18,22,25-33H2,1-16H3,(H,58,73)(H,59,69)(H,60,68)(H,61,70)/t36-,37-,38+,39-,41?,42?,43-,44?,47?,48-,49-,50-,51+/m0/s1. The predicted octanol–water partition coefficient (Wildman–Crippen LogP) is 3.22. The lowest BCUT2D eigenvalue weighted by atomic mass is 9.89. The van der Waals surface area contributed by atoms with E-state index < -0.39 is 103 Å². The number of methoxy groups -OCH3 is 3. The largest absolute Gasteiger partial charge is 0.458 e. The summed E-state index contributed by atoms with van der Waals surface area (Å²) in [6, 6.07) is 5.70. The van der Waals surface area contributed by atoms with E-state index in [-0.39, 0.29) is 81.0 Å². The number of esters is 2. The number of alkyl carbamates (subject to hydrolysis) is 1. The number of carbonyl (C=O) groups is 8. The second-order valence-corrected chi connectivity index (χ2v) is 21.6. The van der Waals surface area contributed by atoms with E-state index in [0.29, 0.717) is 32.2 Å². The fraction of sp³-hybridized carbons (Fsp3) is 0.754. The Labute approximate surface area is 474 Å². The fourth-order valence-corrected chi connectivity index (χ4v) is 9.89. The van der Waals surface area contributed by atoms with Crippen molar-refractivity contribution in [3.8, 4) is 0 Å². The average molecular weight is 1140 g/mol. The summed E-state index contributed by atoms with van der Waals surface area (Å²) in [5.74, 6) is -4.68. The van der Waals surface area contributed by atoms with Gasteiger partial charge in [-0.1, -0.05) is 92.1 Å². The first-order valence-corrected chi connectivity index (χ1v) is 28.1. The van der Waals surface area contributed by atoms with Gasteiger partial charge in [0, 0.05) is 47.9 Å². The molecule has 1 saturated heterocycles. The molecule has 0 saturated carbocycles. The Balaban J connectivity index is 2.13. The maximum Gasteiger partial charge on any atom is 0.407 e. The molecular weight excluding hydrogens is 1040 g/mol. The third-order valence-electron chi connectivity index (χ3n) is 14.6. The van der Waals surface area contributed by atoms with Crippen LogP contribution in [0.1, 0.15) is 113 Å². The topological polar surface area (TPSA) is 279 Å². The SMILES string of the molecule is CCC(CO)OC(COC(=O)NCCC(=O)O[C@@H](C)C(=O)O[C@@H](C)CNC(=O)C(Cc1ccccc1)NC(=O)[C@H](C)[C@@H](OC)[C@@H]1CCCN1C(=O)CC(OC)[C@H]([C@@H](C)CC)N(C)C(=O)[C@@H](NC(=O)[C@H](C(C)C)N(C)C)C(C)C)OC. The molecule has 0 radical (unpaired) electrons. The van der Waals surface area contributed by atoms with E-state index in [2.05, 4.69) is 21.3 Å². The molecule has 456 valence electrons. The number of nitrogens with one attached hydrogen (secondary N) is 4. The predicted molar refractivity (Wildman–Crippen MR) is 298 cm³/mol. The van der Waals surface area contributed by atoms with Gasteiger partial charge in [-0.15, -0.1) is 0 Å². The maximum atomic E-state index is 14.5. The van der Waals surface area contributed by atoms with Crippen LogP contribution in [0.4, 0.5) is 4.79 Å². The Kier molecular flexibility index (Phi) is 31.9. The molecule has 1 fully saturated rings. The molecule has 0 aliphatic carbocycles. The van der Waals surface area contributed by atoms with Crippen LogP contribution in [0.15, 0.2) is 30.3 Å². The molecule has 80 heavy (non-hydrogen) atoms. The van der Waals surface area contributed by atoms with Gasteiger partial charge in [0.15, 0.2) is 12.4 Å². The number of aliphatic hydroxyl groups is 1. The van der Waals surface area contributed by atoms with Crippen molar-refractivity contribution < 1.29 is 76.6 Å². The van der Waals surface area contributed by atoms with Crippen molar-refractivity contribution in [2.45, 2.75) is 181 Å². The van der Waals surface area contributed by atoms with Crippen molar-refractivity contribution in [1.82, 2.24) is 36.0 Å². The van der Waals surface area contributed by atoms with Crippen LogP contribution in [-0.4, -0.2) is 210 Å². The number of ether oxygens (including phenoxy) is 7. The molecule has 0 aromatic heterocycles. The molecule has 5 N–H and O–H groups in total. The van der Waals surface area contributed by atoms with E-state index >= 15 is 0 Å². The van der Waals surface area contributed by atoms with Crippen molar-refractivity contribution >= 4 is 47.6 Å². The Hall–Kier alpha value is -5.46. The number of benzene rings is 1. The second-order valence-electron chi connectivity index (χ2n) is 21.6. The van der Waals surface area contributed by atoms with E-state index in [9.17, 15) is 43.5 Å². The van der Waals surface area contributed by atoms with E-state index in [4.69, 9.17) is 33.2 Å². The molecule has 13 atom stereocenters. The van der Waals surface area contributed by atoms with Gasteiger partial charge in [-0.3, -0.25) is 33.7 Å². The summed E-state index contributed by atoms with van der Waals surface area (Å²) in [5.41, 5.74) is 0.761. The molecule has 1 heterocycles. The number of hydrogen-bond donors (Lipinski definition) is 5. The molecule has 6 amide bonds. The van der Waals surface area contributed by atoms with Gasteiger partial charge in [0.1, 0.15) is 24.8 Å². The Morgan fingerprint density at radius 2 is 1.45 bits per heavy atom. The summed E-state index contributed by atoms with van der Waals surface area (Å²) in [7, 11) is 9.72. The van der Waals surface area contributed by atoms with Crippen LogP contribution in [0.2, 0.25) is 0 Å². The highest BCUT2D eigenvalue weighted by Crippen LogP contribution is 2.30. The summed E-state index contributed by atoms with van der Waals surface area (Å²) in [4.78, 5) is 113. The first kappa shape index (κ1) is 70.6. The summed E-state index contributed by atoms with van der Waals surface area (Å²) < 4.78 is 38.4. The first-order chi connectivity index (χ1) is 37.8. The number of amides is 6. The van der Waals surface area contributed by atoms with Gasteiger partial charge < -0.3 is 69.3 Å². The normalized spacial score (nSPS) is 18.1. The van der Waals surface area contributed by atoms with Gasteiger partial charge in [0.25, 0.3) is 0 Å². The van der Waals surface area contributed by atoms with Crippen LogP contribution in [-0.2, 0) is 73.1 Å². The monoisotopic (exact) mass is 1140 g/mol. The van der Waals surface area contributed by atoms with Gasteiger partial charge in [-0.2, -0.15) is 0 Å².